The first-order chi connectivity index (χ1) is 13.4. The van der Waals surface area contributed by atoms with Gasteiger partial charge in [0.1, 0.15) is 0 Å². The fraction of sp³-hybridized carbons (Fsp3) is 0.600. The minimum Gasteiger partial charge on any atom is -0.381 e. The standard InChI is InChI=1S/C20H29N3O4S/c1-4-22(5-2)28(25,26)18-8-7-16(3)19(15-18)20(24)23(12-6-11-21)17-9-13-27-14-10-17/h7-8,15,17H,4-6,9-10,12-14H2,1-3H3. The Kier molecular flexibility index (Phi) is 7.98. The molecule has 1 aromatic carbocycles. The average molecular weight is 408 g/mol. The molecule has 0 aromatic heterocycles. The number of nitriles is 1. The lowest BCUT2D eigenvalue weighted by molar-refractivity contribution is 0.0295. The van der Waals surface area contributed by atoms with Crippen LogP contribution in [0, 0.1) is 18.3 Å². The van der Waals surface area contributed by atoms with E-state index in [0.717, 1.165) is 5.56 Å². The summed E-state index contributed by atoms with van der Waals surface area (Å²) in [5.41, 5.74) is 1.09. The molecular formula is C20H29N3O4S. The summed E-state index contributed by atoms with van der Waals surface area (Å²) in [6.45, 7) is 7.59. The Hall–Kier alpha value is -1.95. The van der Waals surface area contributed by atoms with Crippen LogP contribution in [0.5, 0.6) is 0 Å². The van der Waals surface area contributed by atoms with E-state index in [9.17, 15) is 13.2 Å². The van der Waals surface area contributed by atoms with Gasteiger partial charge in [0.2, 0.25) is 10.0 Å². The molecule has 1 amide bonds. The summed E-state index contributed by atoms with van der Waals surface area (Å²) in [7, 11) is -3.65. The van der Waals surface area contributed by atoms with Crippen LogP contribution in [0.3, 0.4) is 0 Å². The van der Waals surface area contributed by atoms with Crippen molar-refractivity contribution in [1.29, 1.82) is 5.26 Å². The first kappa shape index (κ1) is 22.3. The van der Waals surface area contributed by atoms with Crippen molar-refractivity contribution in [3.05, 3.63) is 29.3 Å². The van der Waals surface area contributed by atoms with Gasteiger partial charge in [0.05, 0.1) is 17.4 Å². The van der Waals surface area contributed by atoms with E-state index in [1.54, 1.807) is 37.8 Å². The minimum absolute atomic E-state index is 0.00274. The zero-order valence-electron chi connectivity index (χ0n) is 16.8. The lowest BCUT2D eigenvalue weighted by Gasteiger charge is -2.34. The van der Waals surface area contributed by atoms with Gasteiger partial charge in [-0.05, 0) is 37.5 Å². The number of ether oxygens (including phenoxy) is 1. The molecule has 0 N–H and O–H groups in total. The minimum atomic E-state index is -3.65. The summed E-state index contributed by atoms with van der Waals surface area (Å²) in [5.74, 6) is -0.226. The van der Waals surface area contributed by atoms with Crippen LogP contribution in [0.4, 0.5) is 0 Å². The van der Waals surface area contributed by atoms with Gasteiger partial charge in [0, 0.05) is 44.5 Å². The van der Waals surface area contributed by atoms with Gasteiger partial charge >= 0.3 is 0 Å². The van der Waals surface area contributed by atoms with E-state index in [1.165, 1.54) is 10.4 Å². The molecule has 0 aliphatic carbocycles. The number of carbonyl (C=O) groups is 1. The van der Waals surface area contributed by atoms with Crippen molar-refractivity contribution >= 4 is 15.9 Å². The number of rotatable bonds is 8. The highest BCUT2D eigenvalue weighted by molar-refractivity contribution is 7.89. The van der Waals surface area contributed by atoms with Crippen molar-refractivity contribution in [2.75, 3.05) is 32.8 Å². The van der Waals surface area contributed by atoms with Crippen LogP contribution in [0.1, 0.15) is 49.0 Å². The molecule has 1 heterocycles. The molecule has 0 atom stereocenters. The van der Waals surface area contributed by atoms with Gasteiger partial charge in [-0.1, -0.05) is 19.9 Å². The normalized spacial score (nSPS) is 15.4. The monoisotopic (exact) mass is 407 g/mol. The number of carbonyl (C=O) groups excluding carboxylic acids is 1. The second-order valence-electron chi connectivity index (χ2n) is 6.82. The van der Waals surface area contributed by atoms with Gasteiger partial charge in [0.25, 0.3) is 5.91 Å². The molecule has 1 aromatic rings. The molecule has 1 fully saturated rings. The SMILES string of the molecule is CCN(CC)S(=O)(=O)c1ccc(C)c(C(=O)N(CCC#N)C2CCOCC2)c1. The van der Waals surface area contributed by atoms with Crippen molar-refractivity contribution in [1.82, 2.24) is 9.21 Å². The number of hydrogen-bond acceptors (Lipinski definition) is 5. The van der Waals surface area contributed by atoms with Gasteiger partial charge in [-0.25, -0.2) is 8.42 Å². The highest BCUT2D eigenvalue weighted by Crippen LogP contribution is 2.23. The highest BCUT2D eigenvalue weighted by Gasteiger charge is 2.29. The maximum absolute atomic E-state index is 13.3. The third-order valence-corrected chi connectivity index (χ3v) is 7.19. The second kappa shape index (κ2) is 10.0. The third-order valence-electron chi connectivity index (χ3n) is 5.14. The predicted octanol–water partition coefficient (Wildman–Crippen LogP) is 2.56. The average Bonchev–Trinajstić information content (AvgIpc) is 2.69. The van der Waals surface area contributed by atoms with Crippen LogP contribution in [0.25, 0.3) is 0 Å². The Morgan fingerprint density at radius 2 is 1.89 bits per heavy atom. The Balaban J connectivity index is 2.40. The Labute approximate surface area is 167 Å². The summed E-state index contributed by atoms with van der Waals surface area (Å²) in [6.07, 6.45) is 1.67. The maximum atomic E-state index is 13.3. The number of hydrogen-bond donors (Lipinski definition) is 0. The topological polar surface area (TPSA) is 90.7 Å². The van der Waals surface area contributed by atoms with E-state index in [0.29, 0.717) is 51.3 Å². The van der Waals surface area contributed by atoms with Crippen molar-refractivity contribution in [2.45, 2.75) is 51.0 Å². The first-order valence-electron chi connectivity index (χ1n) is 9.73. The fourth-order valence-electron chi connectivity index (χ4n) is 3.48. The summed E-state index contributed by atoms with van der Waals surface area (Å²) in [5, 5.41) is 8.99. The lowest BCUT2D eigenvalue weighted by Crippen LogP contribution is -2.44. The van der Waals surface area contributed by atoms with E-state index < -0.39 is 10.0 Å². The van der Waals surface area contributed by atoms with Crippen LogP contribution in [-0.2, 0) is 14.8 Å². The molecule has 154 valence electrons. The molecule has 8 heteroatoms. The van der Waals surface area contributed by atoms with E-state index >= 15 is 0 Å². The molecule has 0 radical (unpaired) electrons. The van der Waals surface area contributed by atoms with E-state index in [1.807, 2.05) is 0 Å². The Morgan fingerprint density at radius 1 is 1.25 bits per heavy atom. The second-order valence-corrected chi connectivity index (χ2v) is 8.75. The van der Waals surface area contributed by atoms with Crippen LogP contribution in [-0.4, -0.2) is 62.4 Å². The van der Waals surface area contributed by atoms with E-state index in [4.69, 9.17) is 10.00 Å². The van der Waals surface area contributed by atoms with Gasteiger partial charge in [0.15, 0.2) is 0 Å². The zero-order valence-corrected chi connectivity index (χ0v) is 17.7. The van der Waals surface area contributed by atoms with Crippen molar-refractivity contribution in [3.63, 3.8) is 0 Å². The Bertz CT molecular complexity index is 822. The molecule has 0 saturated carbocycles. The molecule has 7 nitrogen and oxygen atoms in total. The van der Waals surface area contributed by atoms with Gasteiger partial charge in [-0.2, -0.15) is 9.57 Å². The molecule has 28 heavy (non-hydrogen) atoms. The van der Waals surface area contributed by atoms with Crippen LogP contribution < -0.4 is 0 Å². The molecule has 1 aliphatic rings. The predicted molar refractivity (Wildman–Crippen MR) is 106 cm³/mol. The zero-order chi connectivity index (χ0) is 20.7. The highest BCUT2D eigenvalue weighted by atomic mass is 32.2. The number of aryl methyl sites for hydroxylation is 1. The molecule has 1 saturated heterocycles. The number of benzene rings is 1. The lowest BCUT2D eigenvalue weighted by atomic mass is 10.0. The third kappa shape index (κ3) is 4.90. The number of amides is 1. The summed E-state index contributed by atoms with van der Waals surface area (Å²) < 4.78 is 32.5. The van der Waals surface area contributed by atoms with Crippen molar-refractivity contribution in [3.8, 4) is 6.07 Å². The summed E-state index contributed by atoms with van der Waals surface area (Å²) in [4.78, 5) is 15.2. The first-order valence-corrected chi connectivity index (χ1v) is 11.2. The van der Waals surface area contributed by atoms with Gasteiger partial charge < -0.3 is 9.64 Å². The molecule has 0 bridgehead atoms. The van der Waals surface area contributed by atoms with E-state index in [-0.39, 0.29) is 23.3 Å². The quantitative estimate of drug-likeness (QED) is 0.660. The summed E-state index contributed by atoms with van der Waals surface area (Å²) >= 11 is 0. The fourth-order valence-corrected chi connectivity index (χ4v) is 4.96. The molecule has 1 aliphatic heterocycles. The largest absolute Gasteiger partial charge is 0.381 e. The van der Waals surface area contributed by atoms with Gasteiger partial charge in [-0.15, -0.1) is 0 Å². The van der Waals surface area contributed by atoms with Crippen LogP contribution in [0.2, 0.25) is 0 Å². The maximum Gasteiger partial charge on any atom is 0.254 e. The molecular weight excluding hydrogens is 378 g/mol. The van der Waals surface area contributed by atoms with Crippen LogP contribution in [0.15, 0.2) is 23.1 Å². The van der Waals surface area contributed by atoms with Crippen LogP contribution >= 0.6 is 0 Å². The van der Waals surface area contributed by atoms with E-state index in [2.05, 4.69) is 6.07 Å². The molecule has 2 rings (SSSR count). The molecule has 0 unspecified atom stereocenters. The number of nitrogens with zero attached hydrogens (tertiary/aromatic N) is 3. The van der Waals surface area contributed by atoms with Gasteiger partial charge in [-0.3, -0.25) is 4.79 Å². The summed E-state index contributed by atoms with van der Waals surface area (Å²) in [6, 6.07) is 6.80. The van der Waals surface area contributed by atoms with Crippen molar-refractivity contribution in [2.24, 2.45) is 0 Å². The smallest absolute Gasteiger partial charge is 0.254 e. The van der Waals surface area contributed by atoms with Crippen molar-refractivity contribution < 1.29 is 17.9 Å². The molecule has 0 spiro atoms. The number of sulfonamides is 1. The Morgan fingerprint density at radius 3 is 2.46 bits per heavy atom.